The van der Waals surface area contributed by atoms with Crippen molar-refractivity contribution in [3.63, 3.8) is 0 Å². The van der Waals surface area contributed by atoms with Crippen molar-refractivity contribution in [2.24, 2.45) is 5.92 Å². The first-order valence-corrected chi connectivity index (χ1v) is 6.80. The summed E-state index contributed by atoms with van der Waals surface area (Å²) in [6.45, 7) is 7.36. The van der Waals surface area contributed by atoms with Crippen LogP contribution in [-0.4, -0.2) is 25.7 Å². The zero-order chi connectivity index (χ0) is 12.4. The predicted octanol–water partition coefficient (Wildman–Crippen LogP) is 3.02. The van der Waals surface area contributed by atoms with Crippen LogP contribution in [0.1, 0.15) is 13.8 Å². The van der Waals surface area contributed by atoms with Gasteiger partial charge in [-0.05, 0) is 40.0 Å². The van der Waals surface area contributed by atoms with Crippen LogP contribution in [-0.2, 0) is 0 Å². The van der Waals surface area contributed by atoms with E-state index in [9.17, 15) is 4.39 Å². The molecule has 1 heterocycles. The molecule has 0 amide bonds. The molecule has 0 radical (unpaired) electrons. The van der Waals surface area contributed by atoms with Gasteiger partial charge in [-0.15, -0.1) is 0 Å². The van der Waals surface area contributed by atoms with Gasteiger partial charge in [0, 0.05) is 30.1 Å². The standard InChI is InChI=1S/C13H18BrFN2/c1-9(2)12-8-17(6-5-16-12)13-4-3-10(15)7-11(13)14/h3-4,7,9,12,16H,5-6,8H2,1-2H3. The molecule has 0 bridgehead atoms. The highest BCUT2D eigenvalue weighted by molar-refractivity contribution is 9.10. The molecule has 0 aromatic heterocycles. The predicted molar refractivity (Wildman–Crippen MR) is 72.9 cm³/mol. The molecule has 1 atom stereocenters. The van der Waals surface area contributed by atoms with Crippen LogP contribution in [0.5, 0.6) is 0 Å². The average Bonchev–Trinajstić information content (AvgIpc) is 2.29. The average molecular weight is 301 g/mol. The second-order valence-corrected chi connectivity index (χ2v) is 5.70. The Morgan fingerprint density at radius 2 is 2.24 bits per heavy atom. The molecular formula is C13H18BrFN2. The summed E-state index contributed by atoms with van der Waals surface area (Å²) in [4.78, 5) is 2.31. The lowest BCUT2D eigenvalue weighted by molar-refractivity contribution is 0.368. The van der Waals surface area contributed by atoms with E-state index in [4.69, 9.17) is 0 Å². The van der Waals surface area contributed by atoms with Crippen molar-refractivity contribution in [2.75, 3.05) is 24.5 Å². The smallest absolute Gasteiger partial charge is 0.124 e. The van der Waals surface area contributed by atoms with Gasteiger partial charge in [0.1, 0.15) is 5.82 Å². The number of nitrogens with one attached hydrogen (secondary N) is 1. The van der Waals surface area contributed by atoms with Crippen molar-refractivity contribution < 1.29 is 4.39 Å². The van der Waals surface area contributed by atoms with Crippen molar-refractivity contribution >= 4 is 21.6 Å². The highest BCUT2D eigenvalue weighted by Gasteiger charge is 2.22. The summed E-state index contributed by atoms with van der Waals surface area (Å²) in [6, 6.07) is 5.40. The monoisotopic (exact) mass is 300 g/mol. The molecule has 1 fully saturated rings. The molecule has 2 nitrogen and oxygen atoms in total. The van der Waals surface area contributed by atoms with Gasteiger partial charge >= 0.3 is 0 Å². The Morgan fingerprint density at radius 3 is 2.88 bits per heavy atom. The molecule has 1 aliphatic rings. The van der Waals surface area contributed by atoms with Gasteiger partial charge in [0.05, 0.1) is 5.69 Å². The van der Waals surface area contributed by atoms with Gasteiger partial charge in [-0.25, -0.2) is 4.39 Å². The minimum Gasteiger partial charge on any atom is -0.368 e. The Morgan fingerprint density at radius 1 is 1.47 bits per heavy atom. The summed E-state index contributed by atoms with van der Waals surface area (Å²) in [5, 5.41) is 3.52. The maximum Gasteiger partial charge on any atom is 0.124 e. The molecule has 4 heteroatoms. The zero-order valence-corrected chi connectivity index (χ0v) is 11.8. The van der Waals surface area contributed by atoms with Gasteiger partial charge in [-0.2, -0.15) is 0 Å². The molecule has 17 heavy (non-hydrogen) atoms. The van der Waals surface area contributed by atoms with Gasteiger partial charge in [0.15, 0.2) is 0 Å². The second kappa shape index (κ2) is 5.36. The third-order valence-electron chi connectivity index (χ3n) is 3.26. The van der Waals surface area contributed by atoms with E-state index in [0.717, 1.165) is 29.8 Å². The summed E-state index contributed by atoms with van der Waals surface area (Å²) in [5.41, 5.74) is 1.08. The van der Waals surface area contributed by atoms with Crippen LogP contribution >= 0.6 is 15.9 Å². The van der Waals surface area contributed by atoms with Crippen molar-refractivity contribution in [1.29, 1.82) is 0 Å². The Hall–Kier alpha value is -0.610. The van der Waals surface area contributed by atoms with Crippen LogP contribution in [0.2, 0.25) is 0 Å². The van der Waals surface area contributed by atoms with Crippen LogP contribution in [0.3, 0.4) is 0 Å². The third-order valence-corrected chi connectivity index (χ3v) is 3.90. The Bertz CT molecular complexity index is 395. The fraction of sp³-hybridized carbons (Fsp3) is 0.538. The highest BCUT2D eigenvalue weighted by atomic mass is 79.9. The first-order valence-electron chi connectivity index (χ1n) is 6.01. The first-order chi connectivity index (χ1) is 8.08. The molecular weight excluding hydrogens is 283 g/mol. The molecule has 2 rings (SSSR count). The second-order valence-electron chi connectivity index (χ2n) is 4.85. The SMILES string of the molecule is CC(C)C1CN(c2ccc(F)cc2Br)CCN1. The molecule has 1 aromatic carbocycles. The Balaban J connectivity index is 2.16. The molecule has 1 aliphatic heterocycles. The van der Waals surface area contributed by atoms with Crippen LogP contribution in [0, 0.1) is 11.7 Å². The number of nitrogens with zero attached hydrogens (tertiary/aromatic N) is 1. The Kier molecular flexibility index (Phi) is 4.05. The quantitative estimate of drug-likeness (QED) is 0.903. The maximum atomic E-state index is 13.1. The summed E-state index contributed by atoms with van der Waals surface area (Å²) in [6.07, 6.45) is 0. The summed E-state index contributed by atoms with van der Waals surface area (Å²) in [5.74, 6) is 0.410. The maximum absolute atomic E-state index is 13.1. The number of benzene rings is 1. The van der Waals surface area contributed by atoms with E-state index in [2.05, 4.69) is 40.0 Å². The minimum absolute atomic E-state index is 0.198. The van der Waals surface area contributed by atoms with E-state index in [0.29, 0.717) is 12.0 Å². The Labute approximate surface area is 110 Å². The van der Waals surface area contributed by atoms with Crippen molar-refractivity contribution in [1.82, 2.24) is 5.32 Å². The molecule has 94 valence electrons. The van der Waals surface area contributed by atoms with E-state index in [-0.39, 0.29) is 5.82 Å². The van der Waals surface area contributed by atoms with E-state index >= 15 is 0 Å². The number of hydrogen-bond donors (Lipinski definition) is 1. The van der Waals surface area contributed by atoms with Gasteiger partial charge in [-0.3, -0.25) is 0 Å². The van der Waals surface area contributed by atoms with Crippen molar-refractivity contribution in [3.8, 4) is 0 Å². The van der Waals surface area contributed by atoms with Crippen molar-refractivity contribution in [3.05, 3.63) is 28.5 Å². The minimum atomic E-state index is -0.198. The number of piperazine rings is 1. The van der Waals surface area contributed by atoms with Crippen LogP contribution in [0.4, 0.5) is 10.1 Å². The summed E-state index contributed by atoms with van der Waals surface area (Å²) < 4.78 is 13.9. The lowest BCUT2D eigenvalue weighted by Gasteiger charge is -2.37. The van der Waals surface area contributed by atoms with Gasteiger partial charge < -0.3 is 10.2 Å². The number of hydrogen-bond acceptors (Lipinski definition) is 2. The van der Waals surface area contributed by atoms with E-state index in [1.165, 1.54) is 12.1 Å². The van der Waals surface area contributed by atoms with Gasteiger partial charge in [-0.1, -0.05) is 13.8 Å². The van der Waals surface area contributed by atoms with Crippen molar-refractivity contribution in [2.45, 2.75) is 19.9 Å². The largest absolute Gasteiger partial charge is 0.368 e. The normalized spacial score (nSPS) is 21.0. The molecule has 1 N–H and O–H groups in total. The lowest BCUT2D eigenvalue weighted by atomic mass is 10.0. The molecule has 1 aromatic rings. The molecule has 1 saturated heterocycles. The molecule has 0 aliphatic carbocycles. The third kappa shape index (κ3) is 2.99. The van der Waals surface area contributed by atoms with Crippen LogP contribution < -0.4 is 10.2 Å². The van der Waals surface area contributed by atoms with Crippen LogP contribution in [0.25, 0.3) is 0 Å². The van der Waals surface area contributed by atoms with Gasteiger partial charge in [0.25, 0.3) is 0 Å². The van der Waals surface area contributed by atoms with E-state index in [1.54, 1.807) is 0 Å². The fourth-order valence-corrected chi connectivity index (χ4v) is 2.78. The topological polar surface area (TPSA) is 15.3 Å². The number of rotatable bonds is 2. The molecule has 0 saturated carbocycles. The van der Waals surface area contributed by atoms with E-state index in [1.807, 2.05) is 6.07 Å². The zero-order valence-electron chi connectivity index (χ0n) is 10.2. The van der Waals surface area contributed by atoms with Crippen LogP contribution in [0.15, 0.2) is 22.7 Å². The molecule has 0 spiro atoms. The number of anilines is 1. The lowest BCUT2D eigenvalue weighted by Crippen LogP contribution is -2.53. The summed E-state index contributed by atoms with van der Waals surface area (Å²) >= 11 is 3.44. The molecule has 1 unspecified atom stereocenters. The van der Waals surface area contributed by atoms with E-state index < -0.39 is 0 Å². The fourth-order valence-electron chi connectivity index (χ4n) is 2.18. The first kappa shape index (κ1) is 12.8. The summed E-state index contributed by atoms with van der Waals surface area (Å²) in [7, 11) is 0. The number of halogens is 2. The van der Waals surface area contributed by atoms with Gasteiger partial charge in [0.2, 0.25) is 0 Å². The highest BCUT2D eigenvalue weighted by Crippen LogP contribution is 2.28.